The molecule has 0 N–H and O–H groups in total. The predicted molar refractivity (Wildman–Crippen MR) is 101 cm³/mol. The first-order valence-electron chi connectivity index (χ1n) is 8.98. The minimum atomic E-state index is 0.102. The first-order chi connectivity index (χ1) is 12.7. The molecule has 0 bridgehead atoms. The van der Waals surface area contributed by atoms with Crippen LogP contribution in [0.25, 0.3) is 5.65 Å². The summed E-state index contributed by atoms with van der Waals surface area (Å²) in [6, 6.07) is 8.03. The molecular weight excluding hydrogens is 348 g/mol. The van der Waals surface area contributed by atoms with Crippen LogP contribution < -0.4 is 4.90 Å². The average molecular weight is 370 g/mol. The molecule has 136 valence electrons. The minimum absolute atomic E-state index is 0.102. The van der Waals surface area contributed by atoms with Crippen LogP contribution in [0.5, 0.6) is 0 Å². The first kappa shape index (κ1) is 17.0. The van der Waals surface area contributed by atoms with Gasteiger partial charge in [0.1, 0.15) is 12.1 Å². The van der Waals surface area contributed by atoms with Crippen molar-refractivity contribution in [3.63, 3.8) is 0 Å². The monoisotopic (exact) mass is 370 g/mol. The van der Waals surface area contributed by atoms with E-state index in [4.69, 9.17) is 0 Å². The molecule has 26 heavy (non-hydrogen) atoms. The molecule has 4 heterocycles. The van der Waals surface area contributed by atoms with Crippen LogP contribution >= 0.6 is 11.3 Å². The number of hydrogen-bond acceptors (Lipinski definition) is 6. The standard InChI is InChI=1S/C18H22N6OS/c1-2-22(12-15-4-3-11-26-15)18(25)14-7-9-23(10-8-14)17-6-5-16-20-19-13-24(16)21-17/h3-6,11,13-14H,2,7-10,12H2,1H3. The molecule has 1 aliphatic heterocycles. The van der Waals surface area contributed by atoms with E-state index in [0.29, 0.717) is 0 Å². The molecule has 1 fully saturated rings. The highest BCUT2D eigenvalue weighted by Gasteiger charge is 2.28. The maximum absolute atomic E-state index is 12.9. The Bertz CT molecular complexity index is 869. The van der Waals surface area contributed by atoms with Gasteiger partial charge in [0.05, 0.1) is 6.54 Å². The van der Waals surface area contributed by atoms with Crippen LogP contribution in [0, 0.1) is 5.92 Å². The Balaban J connectivity index is 1.38. The number of nitrogens with zero attached hydrogens (tertiary/aromatic N) is 6. The van der Waals surface area contributed by atoms with E-state index in [1.165, 1.54) is 4.88 Å². The normalized spacial score (nSPS) is 15.5. The molecule has 8 heteroatoms. The van der Waals surface area contributed by atoms with E-state index in [1.807, 2.05) is 23.1 Å². The van der Waals surface area contributed by atoms with Crippen LogP contribution in [0.3, 0.4) is 0 Å². The van der Waals surface area contributed by atoms with Gasteiger partial charge in [-0.15, -0.1) is 26.6 Å². The maximum Gasteiger partial charge on any atom is 0.226 e. The van der Waals surface area contributed by atoms with Crippen molar-refractivity contribution >= 4 is 28.7 Å². The fraction of sp³-hybridized carbons (Fsp3) is 0.444. The molecule has 0 aliphatic carbocycles. The lowest BCUT2D eigenvalue weighted by atomic mass is 9.95. The van der Waals surface area contributed by atoms with Crippen LogP contribution in [0.2, 0.25) is 0 Å². The van der Waals surface area contributed by atoms with Gasteiger partial charge in [-0.2, -0.15) is 4.52 Å². The third kappa shape index (κ3) is 3.41. The van der Waals surface area contributed by atoms with Crippen LogP contribution in [0.15, 0.2) is 36.0 Å². The summed E-state index contributed by atoms with van der Waals surface area (Å²) < 4.78 is 1.69. The van der Waals surface area contributed by atoms with Gasteiger partial charge in [-0.25, -0.2) is 0 Å². The second-order valence-electron chi connectivity index (χ2n) is 6.52. The van der Waals surface area contributed by atoms with Gasteiger partial charge in [-0.1, -0.05) is 6.07 Å². The van der Waals surface area contributed by atoms with Crippen LogP contribution in [-0.4, -0.2) is 50.3 Å². The second kappa shape index (κ2) is 7.41. The molecule has 3 aromatic rings. The Labute approximate surface area is 156 Å². The average Bonchev–Trinajstić information content (AvgIpc) is 3.36. The van der Waals surface area contributed by atoms with E-state index < -0.39 is 0 Å². The van der Waals surface area contributed by atoms with Crippen LogP contribution in [0.4, 0.5) is 5.82 Å². The van der Waals surface area contributed by atoms with Crippen molar-refractivity contribution in [1.29, 1.82) is 0 Å². The number of thiophene rings is 1. The molecule has 0 radical (unpaired) electrons. The van der Waals surface area contributed by atoms with Crippen LogP contribution in [0.1, 0.15) is 24.6 Å². The molecule has 1 saturated heterocycles. The summed E-state index contributed by atoms with van der Waals surface area (Å²) in [6.45, 7) is 5.21. The number of carbonyl (C=O) groups is 1. The van der Waals surface area contributed by atoms with Crippen molar-refractivity contribution in [2.24, 2.45) is 5.92 Å². The molecule has 4 rings (SSSR count). The number of fused-ring (bicyclic) bond motifs is 1. The zero-order chi connectivity index (χ0) is 17.9. The predicted octanol–water partition coefficient (Wildman–Crippen LogP) is 2.45. The zero-order valence-corrected chi connectivity index (χ0v) is 15.6. The fourth-order valence-corrected chi connectivity index (χ4v) is 4.16. The number of amides is 1. The largest absolute Gasteiger partial charge is 0.355 e. The highest BCUT2D eigenvalue weighted by Crippen LogP contribution is 2.24. The summed E-state index contributed by atoms with van der Waals surface area (Å²) in [4.78, 5) is 18.4. The number of anilines is 1. The lowest BCUT2D eigenvalue weighted by Crippen LogP contribution is -2.42. The highest BCUT2D eigenvalue weighted by atomic mass is 32.1. The van der Waals surface area contributed by atoms with Crippen LogP contribution in [-0.2, 0) is 11.3 Å². The molecule has 0 saturated carbocycles. The molecule has 0 spiro atoms. The summed E-state index contributed by atoms with van der Waals surface area (Å²) in [7, 11) is 0. The molecule has 0 atom stereocenters. The summed E-state index contributed by atoms with van der Waals surface area (Å²) >= 11 is 1.71. The third-order valence-electron chi connectivity index (χ3n) is 4.94. The Morgan fingerprint density at radius 2 is 2.15 bits per heavy atom. The van der Waals surface area contributed by atoms with Crippen molar-refractivity contribution in [3.8, 4) is 0 Å². The van der Waals surface area contributed by atoms with Gasteiger partial charge < -0.3 is 9.80 Å². The molecule has 1 aliphatic rings. The van der Waals surface area contributed by atoms with Gasteiger partial charge in [-0.05, 0) is 43.3 Å². The maximum atomic E-state index is 12.9. The molecule has 0 unspecified atom stereocenters. The number of aromatic nitrogens is 4. The zero-order valence-electron chi connectivity index (χ0n) is 14.8. The van der Waals surface area contributed by atoms with Gasteiger partial charge in [0.25, 0.3) is 0 Å². The highest BCUT2D eigenvalue weighted by molar-refractivity contribution is 7.09. The molecular formula is C18H22N6OS. The van der Waals surface area contributed by atoms with Gasteiger partial charge in [0, 0.05) is 30.4 Å². The first-order valence-corrected chi connectivity index (χ1v) is 9.85. The van der Waals surface area contributed by atoms with Gasteiger partial charge >= 0.3 is 0 Å². The van der Waals surface area contributed by atoms with E-state index in [1.54, 1.807) is 22.2 Å². The smallest absolute Gasteiger partial charge is 0.226 e. The lowest BCUT2D eigenvalue weighted by Gasteiger charge is -2.34. The summed E-state index contributed by atoms with van der Waals surface area (Å²) in [5.74, 6) is 1.29. The summed E-state index contributed by atoms with van der Waals surface area (Å²) in [5.41, 5.74) is 0.742. The van der Waals surface area contributed by atoms with Crippen molar-refractivity contribution in [2.45, 2.75) is 26.3 Å². The minimum Gasteiger partial charge on any atom is -0.355 e. The summed E-state index contributed by atoms with van der Waals surface area (Å²) in [6.07, 6.45) is 3.34. The lowest BCUT2D eigenvalue weighted by molar-refractivity contribution is -0.136. The number of hydrogen-bond donors (Lipinski definition) is 0. The number of carbonyl (C=O) groups excluding carboxylic acids is 1. The summed E-state index contributed by atoms with van der Waals surface area (Å²) in [5, 5.41) is 14.5. The van der Waals surface area contributed by atoms with E-state index in [9.17, 15) is 4.79 Å². The number of piperidine rings is 1. The van der Waals surface area contributed by atoms with E-state index in [-0.39, 0.29) is 11.8 Å². The molecule has 7 nitrogen and oxygen atoms in total. The van der Waals surface area contributed by atoms with Crippen molar-refractivity contribution < 1.29 is 4.79 Å². The Morgan fingerprint density at radius 3 is 2.88 bits per heavy atom. The van der Waals surface area contributed by atoms with E-state index in [0.717, 1.165) is 50.5 Å². The van der Waals surface area contributed by atoms with E-state index in [2.05, 4.69) is 38.6 Å². The van der Waals surface area contributed by atoms with Gasteiger partial charge in [0.15, 0.2) is 5.65 Å². The van der Waals surface area contributed by atoms with Crippen molar-refractivity contribution in [2.75, 3.05) is 24.5 Å². The molecule has 0 aromatic carbocycles. The van der Waals surface area contributed by atoms with Gasteiger partial charge in [0.2, 0.25) is 5.91 Å². The quantitative estimate of drug-likeness (QED) is 0.690. The fourth-order valence-electron chi connectivity index (χ4n) is 3.44. The second-order valence-corrected chi connectivity index (χ2v) is 7.55. The van der Waals surface area contributed by atoms with Crippen molar-refractivity contribution in [3.05, 3.63) is 40.8 Å². The molecule has 1 amide bonds. The Kier molecular flexibility index (Phi) is 4.83. The topological polar surface area (TPSA) is 66.6 Å². The van der Waals surface area contributed by atoms with E-state index >= 15 is 0 Å². The Morgan fingerprint density at radius 1 is 1.31 bits per heavy atom. The third-order valence-corrected chi connectivity index (χ3v) is 5.80. The van der Waals surface area contributed by atoms with Gasteiger partial charge in [-0.3, -0.25) is 4.79 Å². The van der Waals surface area contributed by atoms with Crippen molar-refractivity contribution in [1.82, 2.24) is 24.7 Å². The SMILES string of the molecule is CCN(Cc1cccs1)C(=O)C1CCN(c2ccc3nncn3n2)CC1. The molecule has 3 aromatic heterocycles. The Hall–Kier alpha value is -2.48. The number of rotatable bonds is 5.